The van der Waals surface area contributed by atoms with Crippen LogP contribution < -0.4 is 14.4 Å². The fourth-order valence-electron chi connectivity index (χ4n) is 4.59. The summed E-state index contributed by atoms with van der Waals surface area (Å²) in [6, 6.07) is 24.0. The number of benzene rings is 3. The number of para-hydroxylation sites is 1. The molecule has 0 saturated heterocycles. The Morgan fingerprint density at radius 2 is 1.47 bits per heavy atom. The molecule has 3 aromatic rings. The third-order valence-electron chi connectivity index (χ3n) is 6.10. The van der Waals surface area contributed by atoms with Crippen molar-refractivity contribution in [3.8, 4) is 11.5 Å². The number of hydrogen-bond acceptors (Lipinski definition) is 4. The summed E-state index contributed by atoms with van der Waals surface area (Å²) in [5.41, 5.74) is 3.05. The van der Waals surface area contributed by atoms with Gasteiger partial charge in [-0.2, -0.15) is 4.90 Å². The van der Waals surface area contributed by atoms with E-state index in [0.717, 1.165) is 41.4 Å². The minimum atomic E-state index is -1.20. The number of aryl methyl sites for hydroxylation is 1. The first-order chi connectivity index (χ1) is 14.6. The molecule has 0 spiro atoms. The van der Waals surface area contributed by atoms with Gasteiger partial charge >= 0.3 is 0 Å². The smallest absolute Gasteiger partial charge is 0.275 e. The summed E-state index contributed by atoms with van der Waals surface area (Å²) >= 11 is 0. The maximum Gasteiger partial charge on any atom is 0.275 e. The van der Waals surface area contributed by atoms with Gasteiger partial charge in [0.05, 0.1) is 20.6 Å². The number of methoxy groups -OCH3 is 2. The summed E-state index contributed by atoms with van der Waals surface area (Å²) in [7, 11) is 3.31. The second-order valence-corrected chi connectivity index (χ2v) is 7.71. The van der Waals surface area contributed by atoms with E-state index in [4.69, 9.17) is 9.47 Å². The first-order valence-electron chi connectivity index (χ1n) is 10.2. The van der Waals surface area contributed by atoms with Gasteiger partial charge < -0.3 is 14.6 Å². The number of nitrogens with zero attached hydrogens (tertiary/aromatic N) is 2. The van der Waals surface area contributed by atoms with Crippen molar-refractivity contribution in [3.05, 3.63) is 83.9 Å². The van der Waals surface area contributed by atoms with Gasteiger partial charge in [-0.1, -0.05) is 18.2 Å². The average molecular weight is 401 g/mol. The highest BCUT2D eigenvalue weighted by Gasteiger charge is 2.55. The molecule has 5 rings (SSSR count). The Bertz CT molecular complexity index is 1110. The van der Waals surface area contributed by atoms with Crippen molar-refractivity contribution in [3.63, 3.8) is 0 Å². The summed E-state index contributed by atoms with van der Waals surface area (Å²) in [4.78, 5) is 2.07. The molecule has 5 heteroatoms. The molecule has 152 valence electrons. The Morgan fingerprint density at radius 3 is 2.13 bits per heavy atom. The second kappa shape index (κ2) is 7.18. The van der Waals surface area contributed by atoms with E-state index in [1.165, 1.54) is 11.3 Å². The predicted molar refractivity (Wildman–Crippen MR) is 117 cm³/mol. The molecule has 0 fully saturated rings. The van der Waals surface area contributed by atoms with Crippen molar-refractivity contribution in [1.29, 1.82) is 0 Å². The van der Waals surface area contributed by atoms with Crippen LogP contribution in [0.4, 0.5) is 11.4 Å². The highest BCUT2D eigenvalue weighted by Crippen LogP contribution is 2.42. The first-order valence-corrected chi connectivity index (χ1v) is 10.2. The van der Waals surface area contributed by atoms with Gasteiger partial charge in [-0.3, -0.25) is 0 Å². The number of ether oxygens (including phenoxy) is 2. The molecule has 2 aliphatic rings. The fraction of sp³-hybridized carbons (Fsp3) is 0.240. The lowest BCUT2D eigenvalue weighted by molar-refractivity contribution is -0.453. The molecule has 2 heterocycles. The van der Waals surface area contributed by atoms with Crippen LogP contribution in [0.3, 0.4) is 0 Å². The lowest BCUT2D eigenvalue weighted by Gasteiger charge is -2.29. The minimum Gasteiger partial charge on any atom is -0.497 e. The Hall–Kier alpha value is -3.31. The Kier molecular flexibility index (Phi) is 4.48. The molecule has 0 aliphatic carbocycles. The summed E-state index contributed by atoms with van der Waals surface area (Å²) in [6.45, 7) is 0.456. The number of anilines is 1. The molecular formula is C25H25N2O3+. The molecule has 0 amide bonds. The van der Waals surface area contributed by atoms with E-state index < -0.39 is 5.72 Å². The van der Waals surface area contributed by atoms with Crippen molar-refractivity contribution in [2.24, 2.45) is 0 Å². The Morgan fingerprint density at radius 1 is 0.833 bits per heavy atom. The third kappa shape index (κ3) is 2.85. The molecule has 1 atom stereocenters. The van der Waals surface area contributed by atoms with Gasteiger partial charge in [0.25, 0.3) is 11.6 Å². The highest BCUT2D eigenvalue weighted by molar-refractivity contribution is 5.98. The molecule has 0 unspecified atom stereocenters. The van der Waals surface area contributed by atoms with Crippen molar-refractivity contribution >= 4 is 17.2 Å². The highest BCUT2D eigenvalue weighted by atomic mass is 16.5. The summed E-state index contributed by atoms with van der Waals surface area (Å²) in [6.07, 6.45) is 1.81. The number of amidine groups is 1. The Labute approximate surface area is 176 Å². The summed E-state index contributed by atoms with van der Waals surface area (Å²) < 4.78 is 12.9. The van der Waals surface area contributed by atoms with Crippen molar-refractivity contribution in [2.75, 3.05) is 25.7 Å². The van der Waals surface area contributed by atoms with E-state index in [1.807, 2.05) is 48.5 Å². The molecule has 3 aromatic carbocycles. The van der Waals surface area contributed by atoms with E-state index in [1.54, 1.807) is 14.2 Å². The standard InChI is InChI=1S/C25H25N2O3/c1-29-21-12-8-19(9-13-21)25(28)17-26-23-6-4-3-5-18(23)7-16-24(26)27(25)20-10-14-22(30-2)15-11-20/h3-6,8-15,28H,7,16-17H2,1-2H3/q+1/t25-/m0/s1. The van der Waals surface area contributed by atoms with Crippen LogP contribution in [-0.2, 0) is 12.1 Å². The zero-order valence-corrected chi connectivity index (χ0v) is 17.2. The minimum absolute atomic E-state index is 0.456. The largest absolute Gasteiger partial charge is 0.497 e. The van der Waals surface area contributed by atoms with Crippen LogP contribution in [0.1, 0.15) is 17.5 Å². The van der Waals surface area contributed by atoms with E-state index in [9.17, 15) is 5.11 Å². The molecule has 0 saturated carbocycles. The van der Waals surface area contributed by atoms with E-state index in [2.05, 4.69) is 33.7 Å². The molecule has 0 aromatic heterocycles. The molecule has 30 heavy (non-hydrogen) atoms. The van der Waals surface area contributed by atoms with Gasteiger partial charge in [0.1, 0.15) is 22.9 Å². The quantitative estimate of drug-likeness (QED) is 0.670. The molecule has 0 bridgehead atoms. The van der Waals surface area contributed by atoms with Crippen LogP contribution in [0.15, 0.2) is 72.8 Å². The topological polar surface area (TPSA) is 44.9 Å². The second-order valence-electron chi connectivity index (χ2n) is 7.71. The fourth-order valence-corrected chi connectivity index (χ4v) is 4.59. The lowest BCUT2D eigenvalue weighted by Crippen LogP contribution is -2.47. The van der Waals surface area contributed by atoms with Gasteiger partial charge in [-0.25, -0.2) is 4.58 Å². The van der Waals surface area contributed by atoms with Gasteiger partial charge in [-0.05, 0) is 66.6 Å². The number of rotatable bonds is 4. The average Bonchev–Trinajstić information content (AvgIpc) is 3.12. The van der Waals surface area contributed by atoms with E-state index >= 15 is 0 Å². The monoisotopic (exact) mass is 401 g/mol. The van der Waals surface area contributed by atoms with E-state index in [0.29, 0.717) is 6.54 Å². The van der Waals surface area contributed by atoms with Crippen molar-refractivity contribution < 1.29 is 19.2 Å². The maximum atomic E-state index is 12.1. The normalized spacial score (nSPS) is 20.0. The van der Waals surface area contributed by atoms with Crippen LogP contribution in [-0.4, -0.2) is 36.3 Å². The molecule has 5 nitrogen and oxygen atoms in total. The molecular weight excluding hydrogens is 376 g/mol. The number of fused-ring (bicyclic) bond motifs is 2. The first kappa shape index (κ1) is 18.7. The van der Waals surface area contributed by atoms with Gasteiger partial charge in [-0.15, -0.1) is 0 Å². The van der Waals surface area contributed by atoms with Crippen LogP contribution in [0.5, 0.6) is 11.5 Å². The molecule has 0 radical (unpaired) electrons. The third-order valence-corrected chi connectivity index (χ3v) is 6.10. The van der Waals surface area contributed by atoms with Crippen LogP contribution in [0.25, 0.3) is 0 Å². The zero-order chi connectivity index (χ0) is 20.7. The molecule has 2 aliphatic heterocycles. The molecule has 1 N–H and O–H groups in total. The number of hydrogen-bond donors (Lipinski definition) is 1. The predicted octanol–water partition coefficient (Wildman–Crippen LogP) is 4.06. The van der Waals surface area contributed by atoms with Gasteiger partial charge in [0, 0.05) is 5.56 Å². The summed E-state index contributed by atoms with van der Waals surface area (Å²) in [5, 5.41) is 12.1. The van der Waals surface area contributed by atoms with Crippen molar-refractivity contribution in [2.45, 2.75) is 18.6 Å². The van der Waals surface area contributed by atoms with E-state index in [-0.39, 0.29) is 0 Å². The van der Waals surface area contributed by atoms with Crippen LogP contribution in [0.2, 0.25) is 0 Å². The van der Waals surface area contributed by atoms with Gasteiger partial charge in [0.2, 0.25) is 0 Å². The maximum absolute atomic E-state index is 12.1. The van der Waals surface area contributed by atoms with Crippen LogP contribution >= 0.6 is 0 Å². The number of aliphatic hydroxyl groups is 1. The lowest BCUT2D eigenvalue weighted by atomic mass is 10.0. The Balaban J connectivity index is 1.66. The van der Waals surface area contributed by atoms with Gasteiger partial charge in [0.15, 0.2) is 6.54 Å². The van der Waals surface area contributed by atoms with Crippen LogP contribution in [0, 0.1) is 0 Å². The SMILES string of the molecule is COc1ccc(N2C3=[N+](C[C@]2(O)c2ccc(OC)cc2)c2ccccc2CC3)cc1. The zero-order valence-electron chi connectivity index (χ0n) is 17.2. The summed E-state index contributed by atoms with van der Waals surface area (Å²) in [5.74, 6) is 2.67. The van der Waals surface area contributed by atoms with Crippen molar-refractivity contribution in [1.82, 2.24) is 0 Å².